The molecule has 1 saturated heterocycles. The summed E-state index contributed by atoms with van der Waals surface area (Å²) < 4.78 is 20.7. The largest absolute Gasteiger partial charge is 0.496 e. The second kappa shape index (κ2) is 11.1. The van der Waals surface area contributed by atoms with E-state index < -0.39 is 40.6 Å². The number of halogens is 1. The van der Waals surface area contributed by atoms with Gasteiger partial charge < -0.3 is 10.1 Å². The van der Waals surface area contributed by atoms with Crippen LogP contribution in [0, 0.1) is 11.7 Å². The van der Waals surface area contributed by atoms with Crippen LogP contribution in [0.2, 0.25) is 0 Å². The number of thiazole rings is 1. The van der Waals surface area contributed by atoms with Gasteiger partial charge in [-0.3, -0.25) is 23.7 Å². The normalized spacial score (nSPS) is 19.1. The van der Waals surface area contributed by atoms with Gasteiger partial charge in [-0.2, -0.15) is 0 Å². The van der Waals surface area contributed by atoms with E-state index >= 15 is 0 Å². The molecule has 0 bridgehead atoms. The Bertz CT molecular complexity index is 2020. The number of benzene rings is 4. The molecule has 7 rings (SSSR count). The number of carbonyl (C=O) groups is 3. The third kappa shape index (κ3) is 4.59. The van der Waals surface area contributed by atoms with Gasteiger partial charge >= 0.3 is 4.87 Å². The molecule has 3 heterocycles. The maximum Gasteiger partial charge on any atom is 0.308 e. The Kier molecular flexibility index (Phi) is 7.06. The number of fused-ring (bicyclic) bond motifs is 3. The monoisotopic (exact) mass is 625 g/mol. The molecule has 8 nitrogen and oxygen atoms in total. The Labute approximate surface area is 259 Å². The number of imide groups is 1. The Morgan fingerprint density at radius 2 is 1.64 bits per heavy atom. The van der Waals surface area contributed by atoms with Gasteiger partial charge in [0.05, 0.1) is 23.7 Å². The molecule has 1 N–H and O–H groups in total. The first-order valence-corrected chi connectivity index (χ1v) is 15.5. The smallest absolute Gasteiger partial charge is 0.308 e. The molecule has 0 aliphatic carbocycles. The van der Waals surface area contributed by atoms with E-state index in [0.717, 1.165) is 38.8 Å². The average molecular weight is 626 g/mol. The maximum atomic E-state index is 14.0. The molecule has 44 heavy (non-hydrogen) atoms. The van der Waals surface area contributed by atoms with E-state index in [1.165, 1.54) is 35.9 Å². The highest BCUT2D eigenvalue weighted by atomic mass is 32.2. The van der Waals surface area contributed by atoms with E-state index in [9.17, 15) is 23.6 Å². The molecule has 11 heteroatoms. The number of amides is 3. The van der Waals surface area contributed by atoms with Crippen LogP contribution in [0.5, 0.6) is 5.75 Å². The summed E-state index contributed by atoms with van der Waals surface area (Å²) >= 11 is 2.08. The molecule has 0 saturated carbocycles. The van der Waals surface area contributed by atoms with Crippen LogP contribution < -0.4 is 19.8 Å². The van der Waals surface area contributed by atoms with Gasteiger partial charge in [-0.15, -0.1) is 0 Å². The van der Waals surface area contributed by atoms with Crippen LogP contribution in [0.3, 0.4) is 0 Å². The average Bonchev–Trinajstić information content (AvgIpc) is 3.48. The fourth-order valence-corrected chi connectivity index (χ4v) is 8.79. The van der Waals surface area contributed by atoms with Crippen LogP contribution in [0.25, 0.3) is 10.8 Å². The summed E-state index contributed by atoms with van der Waals surface area (Å²) in [6, 6.07) is 25.7. The number of thioether (sulfide) groups is 1. The second-order valence-corrected chi connectivity index (χ2v) is 12.6. The second-order valence-electron chi connectivity index (χ2n) is 10.5. The molecular formula is C33H24FN3O5S2. The van der Waals surface area contributed by atoms with Gasteiger partial charge in [-0.05, 0) is 41.8 Å². The van der Waals surface area contributed by atoms with Crippen molar-refractivity contribution in [1.82, 2.24) is 4.57 Å². The van der Waals surface area contributed by atoms with E-state index in [1.54, 1.807) is 18.2 Å². The Balaban J connectivity index is 1.30. The molecule has 3 amide bonds. The van der Waals surface area contributed by atoms with Crippen molar-refractivity contribution in [1.29, 1.82) is 0 Å². The number of nitrogens with one attached hydrogen (secondary N) is 1. The zero-order valence-electron chi connectivity index (χ0n) is 23.2. The number of hydrogen-bond acceptors (Lipinski definition) is 7. The van der Waals surface area contributed by atoms with E-state index in [2.05, 4.69) is 5.32 Å². The van der Waals surface area contributed by atoms with Crippen molar-refractivity contribution >= 4 is 63.0 Å². The van der Waals surface area contributed by atoms with Gasteiger partial charge in [0, 0.05) is 27.4 Å². The minimum atomic E-state index is -0.878. The summed E-state index contributed by atoms with van der Waals surface area (Å²) in [5, 5.41) is 4.35. The number of aromatic nitrogens is 1. The van der Waals surface area contributed by atoms with Crippen molar-refractivity contribution in [2.75, 3.05) is 17.3 Å². The SMILES string of the molecule is COc1ccccc1[C@@H]1c2sc(=O)n(CC(=O)Nc3cccc4ccccc34)c2S[C@H]2C(=O)N(c3ccc(F)cc3)C(=O)[C@@H]12. The minimum Gasteiger partial charge on any atom is -0.496 e. The van der Waals surface area contributed by atoms with Crippen molar-refractivity contribution < 1.29 is 23.5 Å². The summed E-state index contributed by atoms with van der Waals surface area (Å²) in [4.78, 5) is 56.1. The van der Waals surface area contributed by atoms with Crippen molar-refractivity contribution in [3.63, 3.8) is 0 Å². The molecule has 0 unspecified atom stereocenters. The van der Waals surface area contributed by atoms with E-state index in [4.69, 9.17) is 4.74 Å². The van der Waals surface area contributed by atoms with Crippen molar-refractivity contribution in [3.8, 4) is 5.75 Å². The fraction of sp³-hybridized carbons (Fsp3) is 0.152. The molecule has 4 aromatic carbocycles. The number of hydrogen-bond donors (Lipinski definition) is 1. The van der Waals surface area contributed by atoms with Gasteiger partial charge in [0.15, 0.2) is 0 Å². The summed E-state index contributed by atoms with van der Waals surface area (Å²) in [5.74, 6) is -2.82. The lowest BCUT2D eigenvalue weighted by Gasteiger charge is -2.31. The first-order valence-electron chi connectivity index (χ1n) is 13.8. The molecule has 0 radical (unpaired) electrons. The number of para-hydroxylation sites is 1. The highest BCUT2D eigenvalue weighted by Gasteiger charge is 2.57. The first-order chi connectivity index (χ1) is 21.4. The van der Waals surface area contributed by atoms with Crippen molar-refractivity contribution in [2.45, 2.75) is 22.7 Å². The van der Waals surface area contributed by atoms with Gasteiger partial charge in [0.1, 0.15) is 23.4 Å². The van der Waals surface area contributed by atoms with Crippen LogP contribution in [-0.2, 0) is 20.9 Å². The van der Waals surface area contributed by atoms with Gasteiger partial charge in [-0.1, -0.05) is 77.7 Å². The highest BCUT2D eigenvalue weighted by molar-refractivity contribution is 8.00. The number of ether oxygens (including phenoxy) is 1. The molecular weight excluding hydrogens is 602 g/mol. The topological polar surface area (TPSA) is 97.7 Å². The third-order valence-corrected chi connectivity index (χ3v) is 10.6. The summed E-state index contributed by atoms with van der Waals surface area (Å²) in [6.07, 6.45) is 0. The molecule has 0 spiro atoms. The van der Waals surface area contributed by atoms with Crippen molar-refractivity contribution in [3.05, 3.63) is 117 Å². The van der Waals surface area contributed by atoms with Crippen LogP contribution >= 0.6 is 23.1 Å². The lowest BCUT2D eigenvalue weighted by atomic mass is 9.82. The Morgan fingerprint density at radius 3 is 2.43 bits per heavy atom. The Hall–Kier alpha value is -4.74. The first kappa shape index (κ1) is 28.1. The number of methoxy groups -OCH3 is 1. The quantitative estimate of drug-likeness (QED) is 0.245. The van der Waals surface area contributed by atoms with Crippen LogP contribution in [0.4, 0.5) is 15.8 Å². The summed E-state index contributed by atoms with van der Waals surface area (Å²) in [7, 11) is 1.52. The van der Waals surface area contributed by atoms with Crippen LogP contribution in [0.15, 0.2) is 101 Å². The molecule has 2 aliphatic rings. The fourth-order valence-electron chi connectivity index (χ4n) is 6.03. The van der Waals surface area contributed by atoms with Crippen LogP contribution in [-0.4, -0.2) is 34.6 Å². The lowest BCUT2D eigenvalue weighted by Crippen LogP contribution is -2.33. The molecule has 3 atom stereocenters. The lowest BCUT2D eigenvalue weighted by molar-refractivity contribution is -0.122. The van der Waals surface area contributed by atoms with Gasteiger partial charge in [-0.25, -0.2) is 9.29 Å². The van der Waals surface area contributed by atoms with Gasteiger partial charge in [0.25, 0.3) is 0 Å². The number of nitrogens with zero attached hydrogens (tertiary/aromatic N) is 2. The summed E-state index contributed by atoms with van der Waals surface area (Å²) in [5.41, 5.74) is 1.55. The molecule has 2 aliphatic heterocycles. The molecule has 220 valence electrons. The predicted octanol–water partition coefficient (Wildman–Crippen LogP) is 5.65. The molecule has 5 aromatic rings. The van der Waals surface area contributed by atoms with Gasteiger partial charge in [0.2, 0.25) is 17.7 Å². The molecule has 1 fully saturated rings. The van der Waals surface area contributed by atoms with E-state index in [1.807, 2.05) is 48.5 Å². The standard InChI is InChI=1S/C33H24FN3O5S2/c1-42-24-12-5-4-10-22(24)26-27-28(31(40)37(30(27)39)20-15-13-19(34)14-16-20)43-32-29(26)44-33(41)36(32)17-25(38)35-23-11-6-8-18-7-2-3-9-21(18)23/h2-16,26-28H,17H2,1H3,(H,35,38)/t26-,27-,28+/m0/s1. The van der Waals surface area contributed by atoms with E-state index in [0.29, 0.717) is 26.9 Å². The summed E-state index contributed by atoms with van der Waals surface area (Å²) in [6.45, 7) is -0.277. The Morgan fingerprint density at radius 1 is 0.909 bits per heavy atom. The maximum absolute atomic E-state index is 14.0. The van der Waals surface area contributed by atoms with Crippen LogP contribution in [0.1, 0.15) is 16.4 Å². The highest BCUT2D eigenvalue weighted by Crippen LogP contribution is 2.55. The van der Waals surface area contributed by atoms with E-state index in [-0.39, 0.29) is 17.1 Å². The number of rotatable bonds is 6. The third-order valence-electron chi connectivity index (χ3n) is 7.97. The zero-order chi connectivity index (χ0) is 30.5. The number of carbonyl (C=O) groups excluding carboxylic acids is 3. The minimum absolute atomic E-state index is 0.269. The van der Waals surface area contributed by atoms with Crippen molar-refractivity contribution in [2.24, 2.45) is 5.92 Å². The molecule has 1 aromatic heterocycles. The number of anilines is 2. The predicted molar refractivity (Wildman–Crippen MR) is 168 cm³/mol. The zero-order valence-corrected chi connectivity index (χ0v) is 24.9.